The molecule has 2 aliphatic heterocycles. The lowest BCUT2D eigenvalue weighted by Crippen LogP contribution is -2.41. The monoisotopic (exact) mass is 495 g/mol. The van der Waals surface area contributed by atoms with Crippen LogP contribution in [0.2, 0.25) is 0 Å². The van der Waals surface area contributed by atoms with Gasteiger partial charge in [-0.2, -0.15) is 0 Å². The van der Waals surface area contributed by atoms with Gasteiger partial charge in [0, 0.05) is 57.6 Å². The summed E-state index contributed by atoms with van der Waals surface area (Å²) in [5, 5.41) is 3.55. The lowest BCUT2D eigenvalue weighted by atomic mass is 9.87. The lowest BCUT2D eigenvalue weighted by Gasteiger charge is -2.25. The number of ether oxygens (including phenoxy) is 1. The molecule has 0 saturated carbocycles. The van der Waals surface area contributed by atoms with Crippen LogP contribution in [0.4, 0.5) is 0 Å². The molecule has 152 valence electrons. The quantitative estimate of drug-likeness (QED) is 0.403. The van der Waals surface area contributed by atoms with Gasteiger partial charge in [0.1, 0.15) is 5.82 Å². The summed E-state index contributed by atoms with van der Waals surface area (Å²) in [6, 6.07) is 8.72. The summed E-state index contributed by atoms with van der Waals surface area (Å²) in [6.07, 6.45) is 6.25. The summed E-state index contributed by atoms with van der Waals surface area (Å²) in [6.45, 7) is 7.58. The van der Waals surface area contributed by atoms with E-state index >= 15 is 0 Å². The summed E-state index contributed by atoms with van der Waals surface area (Å²) in [5.41, 5.74) is 2.90. The van der Waals surface area contributed by atoms with Crippen molar-refractivity contribution in [1.29, 1.82) is 0 Å². The van der Waals surface area contributed by atoms with Crippen LogP contribution in [0.15, 0.2) is 41.7 Å². The number of rotatable bonds is 4. The van der Waals surface area contributed by atoms with Gasteiger partial charge in [0.2, 0.25) is 0 Å². The molecule has 2 saturated heterocycles. The number of imidazole rings is 1. The van der Waals surface area contributed by atoms with Crippen LogP contribution in [0.25, 0.3) is 0 Å². The van der Waals surface area contributed by atoms with E-state index in [1.54, 1.807) is 0 Å². The molecule has 4 rings (SSSR count). The molecule has 28 heavy (non-hydrogen) atoms. The number of aromatic nitrogens is 2. The third-order valence-electron chi connectivity index (χ3n) is 5.85. The third kappa shape index (κ3) is 4.68. The maximum Gasteiger partial charge on any atom is 0.193 e. The number of hydrogen-bond acceptors (Lipinski definition) is 3. The van der Waals surface area contributed by atoms with Crippen molar-refractivity contribution in [1.82, 2.24) is 19.8 Å². The van der Waals surface area contributed by atoms with Gasteiger partial charge >= 0.3 is 0 Å². The Balaban J connectivity index is 0.00000225. The predicted molar refractivity (Wildman–Crippen MR) is 122 cm³/mol. The van der Waals surface area contributed by atoms with Gasteiger partial charge in [-0.3, -0.25) is 4.99 Å². The number of benzene rings is 1. The van der Waals surface area contributed by atoms with Gasteiger partial charge in [-0.15, -0.1) is 24.0 Å². The van der Waals surface area contributed by atoms with E-state index in [4.69, 9.17) is 4.74 Å². The Kier molecular flexibility index (Phi) is 6.98. The maximum absolute atomic E-state index is 5.64. The number of nitrogens with one attached hydrogen (secondary N) is 1. The number of guanidine groups is 1. The lowest BCUT2D eigenvalue weighted by molar-refractivity contribution is 0.156. The van der Waals surface area contributed by atoms with Crippen molar-refractivity contribution in [2.24, 2.45) is 10.4 Å². The van der Waals surface area contributed by atoms with Crippen LogP contribution >= 0.6 is 24.0 Å². The number of aliphatic imine (C=N–C) groups is 1. The minimum absolute atomic E-state index is 0. The highest BCUT2D eigenvalue weighted by Gasteiger charge is 2.42. The Labute approximate surface area is 184 Å². The molecule has 7 heteroatoms. The molecule has 0 radical (unpaired) electrons. The van der Waals surface area contributed by atoms with Crippen molar-refractivity contribution >= 4 is 29.9 Å². The summed E-state index contributed by atoms with van der Waals surface area (Å²) >= 11 is 0. The molecule has 2 aliphatic rings. The standard InChI is InChI=1S/C21H29N5O.HI/c1-17-23-8-10-25(17)14-19-5-3-4-18(12-19)13-24-20(22-2)26-9-6-21(15-26)7-11-27-16-21;/h3-5,8,10,12H,6-7,9,11,13-16H2,1-2H3,(H,22,24);1H. The SMILES string of the molecule is CN=C(NCc1cccc(Cn2ccnc2C)c1)N1CCC2(CCOC2)C1.I. The largest absolute Gasteiger partial charge is 0.381 e. The highest BCUT2D eigenvalue weighted by atomic mass is 127. The normalized spacial score (nSPS) is 21.9. The molecule has 6 nitrogen and oxygen atoms in total. The Morgan fingerprint density at radius 2 is 2.18 bits per heavy atom. The van der Waals surface area contributed by atoms with Gasteiger partial charge in [-0.1, -0.05) is 24.3 Å². The Hall–Kier alpha value is -1.61. The molecule has 3 heterocycles. The van der Waals surface area contributed by atoms with E-state index in [1.807, 2.05) is 26.4 Å². The van der Waals surface area contributed by atoms with Crippen LogP contribution in [0.1, 0.15) is 29.8 Å². The number of nitrogens with zero attached hydrogens (tertiary/aromatic N) is 4. The first kappa shape index (κ1) is 21.1. The minimum atomic E-state index is 0. The third-order valence-corrected chi connectivity index (χ3v) is 5.85. The van der Waals surface area contributed by atoms with E-state index in [2.05, 4.69) is 49.0 Å². The second-order valence-electron chi connectivity index (χ2n) is 7.80. The van der Waals surface area contributed by atoms with Crippen LogP contribution in [-0.4, -0.2) is 53.8 Å². The minimum Gasteiger partial charge on any atom is -0.381 e. The Morgan fingerprint density at radius 3 is 2.89 bits per heavy atom. The molecule has 0 bridgehead atoms. The van der Waals surface area contributed by atoms with Crippen molar-refractivity contribution in [2.45, 2.75) is 32.9 Å². The molecule has 1 spiro atoms. The fourth-order valence-electron chi connectivity index (χ4n) is 4.21. The first-order valence-corrected chi connectivity index (χ1v) is 9.76. The van der Waals surface area contributed by atoms with E-state index in [1.165, 1.54) is 24.0 Å². The highest BCUT2D eigenvalue weighted by Crippen LogP contribution is 2.38. The van der Waals surface area contributed by atoms with E-state index in [0.29, 0.717) is 5.41 Å². The average Bonchev–Trinajstić information content (AvgIpc) is 3.41. The van der Waals surface area contributed by atoms with E-state index in [9.17, 15) is 0 Å². The van der Waals surface area contributed by atoms with Crippen LogP contribution in [-0.2, 0) is 17.8 Å². The van der Waals surface area contributed by atoms with E-state index < -0.39 is 0 Å². The van der Waals surface area contributed by atoms with Gasteiger partial charge < -0.3 is 19.5 Å². The van der Waals surface area contributed by atoms with Crippen LogP contribution in [0.5, 0.6) is 0 Å². The van der Waals surface area contributed by atoms with Gasteiger partial charge in [0.05, 0.1) is 6.61 Å². The van der Waals surface area contributed by atoms with Gasteiger partial charge in [-0.05, 0) is 30.9 Å². The molecule has 1 unspecified atom stereocenters. The second kappa shape index (κ2) is 9.26. The zero-order valence-corrected chi connectivity index (χ0v) is 19.1. The molecular weight excluding hydrogens is 465 g/mol. The number of hydrogen-bond donors (Lipinski definition) is 1. The van der Waals surface area contributed by atoms with Gasteiger partial charge in [0.25, 0.3) is 0 Å². The Bertz CT molecular complexity index is 813. The van der Waals surface area contributed by atoms with Crippen molar-refractivity contribution in [3.63, 3.8) is 0 Å². The van der Waals surface area contributed by atoms with Crippen LogP contribution < -0.4 is 5.32 Å². The average molecular weight is 495 g/mol. The molecule has 1 atom stereocenters. The predicted octanol–water partition coefficient (Wildman–Crippen LogP) is 3.05. The summed E-state index contributed by atoms with van der Waals surface area (Å²) in [4.78, 5) is 11.2. The van der Waals surface area contributed by atoms with Crippen molar-refractivity contribution < 1.29 is 4.74 Å². The number of halogens is 1. The summed E-state index contributed by atoms with van der Waals surface area (Å²) in [5.74, 6) is 2.03. The van der Waals surface area contributed by atoms with Gasteiger partial charge in [0.15, 0.2) is 5.96 Å². The maximum atomic E-state index is 5.64. The molecule has 1 aromatic carbocycles. The van der Waals surface area contributed by atoms with Crippen LogP contribution in [0, 0.1) is 12.3 Å². The zero-order chi connectivity index (χ0) is 18.7. The highest BCUT2D eigenvalue weighted by molar-refractivity contribution is 14.0. The van der Waals surface area contributed by atoms with Crippen molar-refractivity contribution in [2.75, 3.05) is 33.4 Å². The molecule has 0 aliphatic carbocycles. The Morgan fingerprint density at radius 1 is 1.32 bits per heavy atom. The van der Waals surface area contributed by atoms with E-state index in [-0.39, 0.29) is 24.0 Å². The molecule has 2 aromatic rings. The number of likely N-dealkylation sites (tertiary alicyclic amines) is 1. The fourth-order valence-corrected chi connectivity index (χ4v) is 4.21. The second-order valence-corrected chi connectivity index (χ2v) is 7.80. The number of aryl methyl sites for hydroxylation is 1. The van der Waals surface area contributed by atoms with Crippen molar-refractivity contribution in [3.8, 4) is 0 Å². The molecule has 1 N–H and O–H groups in total. The zero-order valence-electron chi connectivity index (χ0n) is 16.7. The smallest absolute Gasteiger partial charge is 0.193 e. The summed E-state index contributed by atoms with van der Waals surface area (Å²) < 4.78 is 7.81. The molecular formula is C21H30IN5O. The van der Waals surface area contributed by atoms with Crippen molar-refractivity contribution in [3.05, 3.63) is 53.6 Å². The van der Waals surface area contributed by atoms with E-state index in [0.717, 1.165) is 51.2 Å². The topological polar surface area (TPSA) is 54.7 Å². The fraction of sp³-hybridized carbons (Fsp3) is 0.524. The molecule has 0 amide bonds. The first-order chi connectivity index (χ1) is 13.2. The molecule has 2 fully saturated rings. The summed E-state index contributed by atoms with van der Waals surface area (Å²) in [7, 11) is 1.87. The van der Waals surface area contributed by atoms with Gasteiger partial charge in [-0.25, -0.2) is 4.98 Å². The van der Waals surface area contributed by atoms with Crippen LogP contribution in [0.3, 0.4) is 0 Å². The first-order valence-electron chi connectivity index (χ1n) is 9.76. The molecule has 1 aromatic heterocycles.